The molecule has 1 aliphatic heterocycles. The smallest absolute Gasteiger partial charge is 0.240 e. The average Bonchev–Trinajstić information content (AvgIpc) is 2.68. The van der Waals surface area contributed by atoms with Crippen LogP contribution in [0.3, 0.4) is 0 Å². The van der Waals surface area contributed by atoms with E-state index in [-0.39, 0.29) is 4.90 Å². The van der Waals surface area contributed by atoms with E-state index < -0.39 is 10.0 Å². The third kappa shape index (κ3) is 4.67. The minimum atomic E-state index is -3.53. The van der Waals surface area contributed by atoms with Gasteiger partial charge in [-0.1, -0.05) is 19.1 Å². The molecule has 0 bridgehead atoms. The molecule has 3 rings (SSSR count). The van der Waals surface area contributed by atoms with Crippen LogP contribution in [0.1, 0.15) is 36.5 Å². The van der Waals surface area contributed by atoms with Crippen LogP contribution in [-0.2, 0) is 22.9 Å². The Morgan fingerprint density at radius 1 is 1.18 bits per heavy atom. The van der Waals surface area contributed by atoms with Crippen LogP contribution in [0.15, 0.2) is 41.3 Å². The number of hydrogen-bond donors (Lipinski definition) is 1. The maximum Gasteiger partial charge on any atom is 0.240 e. The molecule has 0 unspecified atom stereocenters. The second-order valence-electron chi connectivity index (χ2n) is 7.33. The molecule has 5 nitrogen and oxygen atoms in total. The molecule has 0 aromatic heterocycles. The molecule has 2 aromatic rings. The number of aryl methyl sites for hydroxylation is 2. The van der Waals surface area contributed by atoms with E-state index in [4.69, 9.17) is 4.74 Å². The first kappa shape index (κ1) is 20.7. The van der Waals surface area contributed by atoms with Gasteiger partial charge in [0.05, 0.1) is 12.0 Å². The number of nitrogens with one attached hydrogen (secondary N) is 1. The minimum absolute atomic E-state index is 0.270. The lowest BCUT2D eigenvalue weighted by Gasteiger charge is -2.31. The van der Waals surface area contributed by atoms with Crippen LogP contribution in [0.4, 0.5) is 5.69 Å². The van der Waals surface area contributed by atoms with Crippen molar-refractivity contribution in [1.82, 2.24) is 4.72 Å². The Balaban J connectivity index is 1.64. The molecule has 1 heterocycles. The van der Waals surface area contributed by atoms with Gasteiger partial charge in [-0.3, -0.25) is 0 Å². The molecule has 28 heavy (non-hydrogen) atoms. The van der Waals surface area contributed by atoms with Crippen LogP contribution in [0.2, 0.25) is 0 Å². The van der Waals surface area contributed by atoms with Crippen LogP contribution in [-0.4, -0.2) is 35.2 Å². The summed E-state index contributed by atoms with van der Waals surface area (Å²) in [5.41, 5.74) is 4.69. The summed E-state index contributed by atoms with van der Waals surface area (Å²) in [5.74, 6) is 0.685. The van der Waals surface area contributed by atoms with E-state index >= 15 is 0 Å². The molecule has 0 saturated heterocycles. The molecular formula is C22H30N2O3S. The minimum Gasteiger partial charge on any atom is -0.496 e. The van der Waals surface area contributed by atoms with Crippen LogP contribution < -0.4 is 14.4 Å². The Morgan fingerprint density at radius 3 is 2.71 bits per heavy atom. The SMILES string of the molecule is CCCN1CCCc2cc(CCNS(=O)(=O)c3ccc(OC)c(C)c3)ccc21. The van der Waals surface area contributed by atoms with E-state index in [1.165, 1.54) is 23.2 Å². The number of ether oxygens (including phenoxy) is 1. The maximum absolute atomic E-state index is 12.6. The molecule has 0 amide bonds. The molecule has 0 saturated carbocycles. The third-order valence-corrected chi connectivity index (χ3v) is 6.69. The van der Waals surface area contributed by atoms with Gasteiger partial charge < -0.3 is 9.64 Å². The van der Waals surface area contributed by atoms with Gasteiger partial charge in [-0.05, 0) is 73.6 Å². The summed E-state index contributed by atoms with van der Waals surface area (Å²) in [6.45, 7) is 6.64. The molecule has 2 aromatic carbocycles. The van der Waals surface area contributed by atoms with E-state index in [1.807, 2.05) is 6.92 Å². The molecule has 1 N–H and O–H groups in total. The summed E-state index contributed by atoms with van der Waals surface area (Å²) in [5, 5.41) is 0. The number of benzene rings is 2. The van der Waals surface area contributed by atoms with E-state index in [2.05, 4.69) is 34.7 Å². The van der Waals surface area contributed by atoms with Gasteiger partial charge in [0.25, 0.3) is 0 Å². The third-order valence-electron chi connectivity index (χ3n) is 5.23. The number of nitrogens with zero attached hydrogens (tertiary/aromatic N) is 1. The van der Waals surface area contributed by atoms with Gasteiger partial charge >= 0.3 is 0 Å². The van der Waals surface area contributed by atoms with Gasteiger partial charge in [-0.2, -0.15) is 0 Å². The normalized spacial score (nSPS) is 14.0. The summed E-state index contributed by atoms with van der Waals surface area (Å²) in [4.78, 5) is 2.73. The maximum atomic E-state index is 12.6. The van der Waals surface area contributed by atoms with Crippen molar-refractivity contribution in [1.29, 1.82) is 0 Å². The molecule has 1 aliphatic rings. The van der Waals surface area contributed by atoms with Gasteiger partial charge in [0.2, 0.25) is 10.0 Å². The van der Waals surface area contributed by atoms with Crippen LogP contribution >= 0.6 is 0 Å². The van der Waals surface area contributed by atoms with E-state index in [0.29, 0.717) is 18.7 Å². The van der Waals surface area contributed by atoms with Gasteiger partial charge in [0.1, 0.15) is 5.75 Å². The number of methoxy groups -OCH3 is 1. The second-order valence-corrected chi connectivity index (χ2v) is 9.10. The summed E-state index contributed by atoms with van der Waals surface area (Å²) in [6, 6.07) is 11.5. The van der Waals surface area contributed by atoms with Crippen LogP contribution in [0.5, 0.6) is 5.75 Å². The van der Waals surface area contributed by atoms with Gasteiger partial charge in [0.15, 0.2) is 0 Å². The summed E-state index contributed by atoms with van der Waals surface area (Å²) < 4.78 is 33.0. The Bertz CT molecular complexity index is 925. The number of hydrogen-bond acceptors (Lipinski definition) is 4. The van der Waals surface area contributed by atoms with E-state index in [1.54, 1.807) is 25.3 Å². The van der Waals surface area contributed by atoms with Crippen molar-refractivity contribution in [3.8, 4) is 5.75 Å². The number of rotatable bonds is 8. The summed E-state index contributed by atoms with van der Waals surface area (Å²) in [6.07, 6.45) is 4.10. The van der Waals surface area contributed by atoms with Crippen molar-refractivity contribution in [3.63, 3.8) is 0 Å². The second kappa shape index (κ2) is 8.97. The highest BCUT2D eigenvalue weighted by Gasteiger charge is 2.17. The van der Waals surface area contributed by atoms with Crippen molar-refractivity contribution < 1.29 is 13.2 Å². The number of anilines is 1. The fourth-order valence-corrected chi connectivity index (χ4v) is 4.93. The van der Waals surface area contributed by atoms with Crippen molar-refractivity contribution in [3.05, 3.63) is 53.1 Å². The van der Waals surface area contributed by atoms with Gasteiger partial charge in [-0.15, -0.1) is 0 Å². The highest BCUT2D eigenvalue weighted by molar-refractivity contribution is 7.89. The topological polar surface area (TPSA) is 58.6 Å². The highest BCUT2D eigenvalue weighted by Crippen LogP contribution is 2.28. The zero-order valence-electron chi connectivity index (χ0n) is 17.0. The quantitative estimate of drug-likeness (QED) is 0.732. The van der Waals surface area contributed by atoms with Crippen molar-refractivity contribution in [2.24, 2.45) is 0 Å². The van der Waals surface area contributed by atoms with Gasteiger partial charge in [-0.25, -0.2) is 13.1 Å². The highest BCUT2D eigenvalue weighted by atomic mass is 32.2. The lowest BCUT2D eigenvalue weighted by molar-refractivity contribution is 0.411. The predicted molar refractivity (Wildman–Crippen MR) is 114 cm³/mol. The predicted octanol–water partition coefficient (Wildman–Crippen LogP) is 3.69. The number of sulfonamides is 1. The zero-order valence-corrected chi connectivity index (χ0v) is 17.8. The van der Waals surface area contributed by atoms with Crippen molar-refractivity contribution in [2.45, 2.75) is 44.4 Å². The zero-order chi connectivity index (χ0) is 20.1. The monoisotopic (exact) mass is 402 g/mol. The molecule has 0 fully saturated rings. The van der Waals surface area contributed by atoms with Crippen molar-refractivity contribution in [2.75, 3.05) is 31.6 Å². The Kier molecular flexibility index (Phi) is 6.62. The summed E-state index contributed by atoms with van der Waals surface area (Å²) in [7, 11) is -1.95. The first-order valence-corrected chi connectivity index (χ1v) is 11.4. The number of fused-ring (bicyclic) bond motifs is 1. The molecular weight excluding hydrogens is 372 g/mol. The lowest BCUT2D eigenvalue weighted by atomic mass is 9.98. The first-order valence-electron chi connectivity index (χ1n) is 9.95. The Morgan fingerprint density at radius 2 is 2.00 bits per heavy atom. The fourth-order valence-electron chi connectivity index (χ4n) is 3.82. The Hall–Kier alpha value is -2.05. The molecule has 152 valence electrons. The molecule has 0 radical (unpaired) electrons. The van der Waals surface area contributed by atoms with Crippen LogP contribution in [0.25, 0.3) is 0 Å². The Labute approximate surface area is 168 Å². The molecule has 6 heteroatoms. The standard InChI is InChI=1S/C22H30N2O3S/c1-4-13-24-14-5-6-19-16-18(7-9-21(19)24)11-12-23-28(25,26)20-8-10-22(27-3)17(2)15-20/h7-10,15-16,23H,4-6,11-14H2,1-3H3. The van der Waals surface area contributed by atoms with Crippen LogP contribution in [0, 0.1) is 6.92 Å². The fraction of sp³-hybridized carbons (Fsp3) is 0.455. The summed E-state index contributed by atoms with van der Waals surface area (Å²) >= 11 is 0. The largest absolute Gasteiger partial charge is 0.496 e. The van der Waals surface area contributed by atoms with E-state index in [9.17, 15) is 8.42 Å². The van der Waals surface area contributed by atoms with Gasteiger partial charge in [0, 0.05) is 25.3 Å². The molecule has 0 spiro atoms. The average molecular weight is 403 g/mol. The lowest BCUT2D eigenvalue weighted by Crippen LogP contribution is -2.30. The van der Waals surface area contributed by atoms with E-state index in [0.717, 1.165) is 31.5 Å². The molecule has 0 atom stereocenters. The van der Waals surface area contributed by atoms with Crippen molar-refractivity contribution >= 4 is 15.7 Å². The molecule has 0 aliphatic carbocycles. The first-order chi connectivity index (χ1) is 13.4.